The summed E-state index contributed by atoms with van der Waals surface area (Å²) in [5.74, 6) is 0.687. The summed E-state index contributed by atoms with van der Waals surface area (Å²) < 4.78 is 0. The highest BCUT2D eigenvalue weighted by atomic mass is 32.2. The van der Waals surface area contributed by atoms with Gasteiger partial charge in [-0.05, 0) is 18.1 Å². The Bertz CT molecular complexity index is 731. The summed E-state index contributed by atoms with van der Waals surface area (Å²) in [7, 11) is 0. The number of hydrogen-bond acceptors (Lipinski definition) is 5. The van der Waals surface area contributed by atoms with Crippen LogP contribution in [0.2, 0.25) is 0 Å². The zero-order valence-corrected chi connectivity index (χ0v) is 14.0. The smallest absolute Gasteiger partial charge is 0.269 e. The van der Waals surface area contributed by atoms with Crippen molar-refractivity contribution in [3.8, 4) is 0 Å². The first kappa shape index (κ1) is 17.7. The molecule has 0 aliphatic carbocycles. The number of hydrazone groups is 1. The Balaban J connectivity index is 1.76. The molecule has 6 nitrogen and oxygen atoms in total. The second kappa shape index (κ2) is 8.83. The molecule has 0 bridgehead atoms. The first-order valence-corrected chi connectivity index (χ1v) is 8.41. The molecule has 0 saturated heterocycles. The summed E-state index contributed by atoms with van der Waals surface area (Å²) in [6.07, 6.45) is 0. The van der Waals surface area contributed by atoms with Crippen LogP contribution in [0.4, 0.5) is 5.69 Å². The average Bonchev–Trinajstić information content (AvgIpc) is 2.61. The van der Waals surface area contributed by atoms with Gasteiger partial charge in [-0.15, -0.1) is 11.8 Å². The Morgan fingerprint density at radius 2 is 1.83 bits per heavy atom. The van der Waals surface area contributed by atoms with E-state index in [0.717, 1.165) is 16.8 Å². The maximum Gasteiger partial charge on any atom is 0.269 e. The minimum Gasteiger partial charge on any atom is -0.272 e. The molecule has 1 amide bonds. The largest absolute Gasteiger partial charge is 0.272 e. The number of nitrogens with zero attached hydrogens (tertiary/aromatic N) is 2. The van der Waals surface area contributed by atoms with Crippen molar-refractivity contribution in [3.63, 3.8) is 0 Å². The molecule has 0 atom stereocenters. The van der Waals surface area contributed by atoms with E-state index >= 15 is 0 Å². The van der Waals surface area contributed by atoms with E-state index in [9.17, 15) is 14.9 Å². The highest BCUT2D eigenvalue weighted by molar-refractivity contribution is 7.99. The van der Waals surface area contributed by atoms with E-state index in [4.69, 9.17) is 0 Å². The number of nitrogens with one attached hydrogen (secondary N) is 1. The van der Waals surface area contributed by atoms with Crippen LogP contribution in [0.5, 0.6) is 0 Å². The summed E-state index contributed by atoms with van der Waals surface area (Å²) in [4.78, 5) is 21.9. The lowest BCUT2D eigenvalue weighted by molar-refractivity contribution is -0.384. The fourth-order valence-corrected chi connectivity index (χ4v) is 2.68. The molecule has 0 spiro atoms. The van der Waals surface area contributed by atoms with Gasteiger partial charge in [-0.2, -0.15) is 5.10 Å². The molecule has 7 heteroatoms. The fourth-order valence-electron chi connectivity index (χ4n) is 1.90. The molecular weight excluding hydrogens is 326 g/mol. The van der Waals surface area contributed by atoms with E-state index in [-0.39, 0.29) is 17.3 Å². The SMILES string of the molecule is C/C(=N/NC(=O)CSCc1ccc([N+](=O)[O-])cc1)c1ccccc1. The van der Waals surface area contributed by atoms with Gasteiger partial charge in [0.1, 0.15) is 0 Å². The van der Waals surface area contributed by atoms with Gasteiger partial charge in [0, 0.05) is 17.9 Å². The third kappa shape index (κ3) is 5.51. The van der Waals surface area contributed by atoms with E-state index in [2.05, 4.69) is 10.5 Å². The highest BCUT2D eigenvalue weighted by Gasteiger charge is 2.05. The number of nitro groups is 1. The van der Waals surface area contributed by atoms with Crippen molar-refractivity contribution < 1.29 is 9.72 Å². The molecule has 0 heterocycles. The number of thioether (sulfide) groups is 1. The van der Waals surface area contributed by atoms with E-state index in [0.29, 0.717) is 5.75 Å². The van der Waals surface area contributed by atoms with Gasteiger partial charge in [0.25, 0.3) is 5.69 Å². The van der Waals surface area contributed by atoms with Crippen LogP contribution >= 0.6 is 11.8 Å². The number of rotatable bonds is 7. The van der Waals surface area contributed by atoms with Gasteiger partial charge < -0.3 is 0 Å². The number of amides is 1. The molecule has 24 heavy (non-hydrogen) atoms. The molecule has 0 aliphatic rings. The molecule has 2 aromatic rings. The number of benzene rings is 2. The monoisotopic (exact) mass is 343 g/mol. The van der Waals surface area contributed by atoms with Crippen LogP contribution in [0.15, 0.2) is 59.7 Å². The predicted octanol–water partition coefficient (Wildman–Crippen LogP) is 3.37. The molecule has 0 saturated carbocycles. The molecule has 124 valence electrons. The van der Waals surface area contributed by atoms with E-state index in [1.807, 2.05) is 37.3 Å². The maximum atomic E-state index is 11.8. The normalized spacial score (nSPS) is 11.1. The molecule has 2 rings (SSSR count). The molecule has 0 radical (unpaired) electrons. The zero-order valence-electron chi connectivity index (χ0n) is 13.1. The Kier molecular flexibility index (Phi) is 6.51. The average molecular weight is 343 g/mol. The minimum absolute atomic E-state index is 0.0622. The van der Waals surface area contributed by atoms with Crippen molar-refractivity contribution >= 4 is 29.1 Å². The molecule has 0 fully saturated rings. The van der Waals surface area contributed by atoms with Crippen LogP contribution in [0, 0.1) is 10.1 Å². The molecule has 2 aromatic carbocycles. The molecule has 0 aliphatic heterocycles. The number of carbonyl (C=O) groups excluding carboxylic acids is 1. The zero-order chi connectivity index (χ0) is 17.4. The highest BCUT2D eigenvalue weighted by Crippen LogP contribution is 2.16. The van der Waals surface area contributed by atoms with Gasteiger partial charge in [-0.25, -0.2) is 5.43 Å². The molecule has 0 aromatic heterocycles. The summed E-state index contributed by atoms with van der Waals surface area (Å²) in [6.45, 7) is 1.83. The summed E-state index contributed by atoms with van der Waals surface area (Å²) in [5, 5.41) is 14.7. The minimum atomic E-state index is -0.433. The topological polar surface area (TPSA) is 84.6 Å². The van der Waals surface area contributed by atoms with Crippen molar-refractivity contribution in [2.45, 2.75) is 12.7 Å². The van der Waals surface area contributed by atoms with Crippen molar-refractivity contribution in [2.24, 2.45) is 5.10 Å². The van der Waals surface area contributed by atoms with Crippen LogP contribution in [-0.2, 0) is 10.5 Å². The van der Waals surface area contributed by atoms with Crippen LogP contribution in [0.25, 0.3) is 0 Å². The lowest BCUT2D eigenvalue weighted by Crippen LogP contribution is -2.21. The van der Waals surface area contributed by atoms with Crippen molar-refractivity contribution in [2.75, 3.05) is 5.75 Å². The Morgan fingerprint density at radius 1 is 1.17 bits per heavy atom. The van der Waals surface area contributed by atoms with Gasteiger partial charge in [0.2, 0.25) is 5.91 Å². The number of hydrogen-bond donors (Lipinski definition) is 1. The first-order valence-electron chi connectivity index (χ1n) is 7.26. The second-order valence-corrected chi connectivity index (χ2v) is 6.00. The molecule has 0 unspecified atom stereocenters. The van der Waals surface area contributed by atoms with E-state index in [1.165, 1.54) is 23.9 Å². The van der Waals surface area contributed by atoms with Crippen molar-refractivity contribution in [3.05, 3.63) is 75.8 Å². The predicted molar refractivity (Wildman–Crippen MR) is 96.1 cm³/mol. The van der Waals surface area contributed by atoms with Crippen LogP contribution in [0.3, 0.4) is 0 Å². The van der Waals surface area contributed by atoms with Crippen molar-refractivity contribution in [1.29, 1.82) is 0 Å². The number of nitro benzene ring substituents is 1. The second-order valence-electron chi connectivity index (χ2n) is 5.01. The Labute approximate surface area is 144 Å². The third-order valence-electron chi connectivity index (χ3n) is 3.19. The van der Waals surface area contributed by atoms with Crippen LogP contribution < -0.4 is 5.43 Å². The fraction of sp³-hybridized carbons (Fsp3) is 0.176. The van der Waals surface area contributed by atoms with Crippen LogP contribution in [-0.4, -0.2) is 22.3 Å². The van der Waals surface area contributed by atoms with Gasteiger partial charge in [0.15, 0.2) is 0 Å². The third-order valence-corrected chi connectivity index (χ3v) is 4.19. The van der Waals surface area contributed by atoms with E-state index < -0.39 is 4.92 Å². The quantitative estimate of drug-likeness (QED) is 0.474. The summed E-state index contributed by atoms with van der Waals surface area (Å²) in [6, 6.07) is 15.9. The van der Waals surface area contributed by atoms with Gasteiger partial charge in [-0.1, -0.05) is 42.5 Å². The molecule has 1 N–H and O–H groups in total. The standard InChI is InChI=1S/C17H17N3O3S/c1-13(15-5-3-2-4-6-15)18-19-17(21)12-24-11-14-7-9-16(10-8-14)20(22)23/h2-10H,11-12H2,1H3,(H,19,21)/b18-13-. The molecular formula is C17H17N3O3S. The summed E-state index contributed by atoms with van der Waals surface area (Å²) >= 11 is 1.43. The summed E-state index contributed by atoms with van der Waals surface area (Å²) in [5.41, 5.74) is 5.22. The van der Waals surface area contributed by atoms with E-state index in [1.54, 1.807) is 12.1 Å². The maximum absolute atomic E-state index is 11.8. The van der Waals surface area contributed by atoms with Gasteiger partial charge in [-0.3, -0.25) is 14.9 Å². The Hall–Kier alpha value is -2.67. The lowest BCUT2D eigenvalue weighted by Gasteiger charge is -2.03. The Morgan fingerprint density at radius 3 is 2.46 bits per heavy atom. The first-order chi connectivity index (χ1) is 11.6. The number of carbonyl (C=O) groups is 1. The van der Waals surface area contributed by atoms with Crippen LogP contribution in [0.1, 0.15) is 18.1 Å². The van der Waals surface area contributed by atoms with Crippen molar-refractivity contribution in [1.82, 2.24) is 5.43 Å². The van der Waals surface area contributed by atoms with Gasteiger partial charge in [0.05, 0.1) is 16.4 Å². The number of non-ortho nitro benzene ring substituents is 1. The lowest BCUT2D eigenvalue weighted by atomic mass is 10.1. The van der Waals surface area contributed by atoms with Gasteiger partial charge >= 0.3 is 0 Å².